The molecule has 0 fully saturated rings. The number of fused-ring (bicyclic) bond motifs is 6. The van der Waals surface area contributed by atoms with Gasteiger partial charge in [-0.25, -0.2) is 15.0 Å². The molecule has 0 unspecified atom stereocenters. The predicted molar refractivity (Wildman–Crippen MR) is 256 cm³/mol. The van der Waals surface area contributed by atoms with E-state index in [1.807, 2.05) is 24.3 Å². The Morgan fingerprint density at radius 2 is 0.661 bits per heavy atom. The van der Waals surface area contributed by atoms with Gasteiger partial charge in [0.05, 0.1) is 27.8 Å². The summed E-state index contributed by atoms with van der Waals surface area (Å²) in [5.74, 6) is 1.89. The lowest BCUT2D eigenvalue weighted by atomic mass is 9.99. The van der Waals surface area contributed by atoms with Crippen LogP contribution in [0.1, 0.15) is 0 Å². The molecule has 62 heavy (non-hydrogen) atoms. The lowest BCUT2D eigenvalue weighted by molar-refractivity contribution is 1.07. The molecule has 0 radical (unpaired) electrons. The maximum atomic E-state index is 5.18. The van der Waals surface area contributed by atoms with Crippen molar-refractivity contribution in [2.45, 2.75) is 0 Å². The number of para-hydroxylation sites is 4. The standard InChI is InChI=1S/C57H37N5/c1-4-15-38(16-5-1)39-27-29-40(30-28-39)41-31-33-43(34-32-41)56-58-55(42-17-6-2-7-18-42)59-57(60-56)44-35-36-52-49(37-44)47-22-11-13-25-51(47)62(52)53-26-14-23-48-46-21-10-12-24-50(46)61(54(48)53)45-19-8-3-9-20-45/h1-37H. The van der Waals surface area contributed by atoms with Crippen LogP contribution in [0.15, 0.2) is 224 Å². The van der Waals surface area contributed by atoms with Gasteiger partial charge >= 0.3 is 0 Å². The Hall–Kier alpha value is -8.41. The van der Waals surface area contributed by atoms with E-state index in [-0.39, 0.29) is 0 Å². The van der Waals surface area contributed by atoms with Gasteiger partial charge in [-0.1, -0.05) is 176 Å². The van der Waals surface area contributed by atoms with Crippen LogP contribution < -0.4 is 0 Å². The van der Waals surface area contributed by atoms with E-state index in [0.717, 1.165) is 66.5 Å². The Balaban J connectivity index is 0.994. The molecule has 3 heterocycles. The van der Waals surface area contributed by atoms with Crippen molar-refractivity contribution in [1.29, 1.82) is 0 Å². The van der Waals surface area contributed by atoms with Crippen molar-refractivity contribution in [1.82, 2.24) is 24.1 Å². The molecule has 0 saturated heterocycles. The first kappa shape index (κ1) is 35.5. The van der Waals surface area contributed by atoms with Gasteiger partial charge in [-0.3, -0.25) is 0 Å². The second-order valence-corrected chi connectivity index (χ2v) is 15.6. The van der Waals surface area contributed by atoms with Crippen molar-refractivity contribution in [3.63, 3.8) is 0 Å². The van der Waals surface area contributed by atoms with E-state index in [2.05, 4.69) is 209 Å². The minimum atomic E-state index is 0.625. The fourth-order valence-corrected chi connectivity index (χ4v) is 9.05. The number of benzene rings is 9. The smallest absolute Gasteiger partial charge is 0.164 e. The second kappa shape index (κ2) is 14.7. The zero-order valence-corrected chi connectivity index (χ0v) is 33.6. The maximum Gasteiger partial charge on any atom is 0.164 e. The zero-order chi connectivity index (χ0) is 41.0. The zero-order valence-electron chi connectivity index (χ0n) is 33.6. The lowest BCUT2D eigenvalue weighted by Gasteiger charge is -2.14. The Kier molecular flexibility index (Phi) is 8.42. The van der Waals surface area contributed by atoms with Crippen LogP contribution in [-0.2, 0) is 0 Å². The molecule has 0 spiro atoms. The average molecular weight is 792 g/mol. The SMILES string of the molecule is c1ccc(-c2ccc(-c3ccc(-c4nc(-c5ccccc5)nc(-c5ccc6c(c5)c5ccccc5n6-c5cccc6c7ccccc7n(-c7ccccc7)c56)n4)cc3)cc2)cc1. The van der Waals surface area contributed by atoms with Gasteiger partial charge in [-0.05, 0) is 70.8 Å². The molecule has 0 aliphatic heterocycles. The highest BCUT2D eigenvalue weighted by Crippen LogP contribution is 2.40. The number of hydrogen-bond acceptors (Lipinski definition) is 3. The summed E-state index contributed by atoms with van der Waals surface area (Å²) >= 11 is 0. The first-order chi connectivity index (χ1) is 30.7. The monoisotopic (exact) mass is 791 g/mol. The van der Waals surface area contributed by atoms with Crippen molar-refractivity contribution in [3.05, 3.63) is 224 Å². The van der Waals surface area contributed by atoms with Gasteiger partial charge in [0.2, 0.25) is 0 Å². The van der Waals surface area contributed by atoms with E-state index in [4.69, 9.17) is 15.0 Å². The van der Waals surface area contributed by atoms with E-state index in [0.29, 0.717) is 17.5 Å². The van der Waals surface area contributed by atoms with Crippen LogP contribution in [0.25, 0.3) is 111 Å². The van der Waals surface area contributed by atoms with Crippen molar-refractivity contribution in [2.75, 3.05) is 0 Å². The number of hydrogen-bond donors (Lipinski definition) is 0. The predicted octanol–water partition coefficient (Wildman–Crippen LogP) is 14.4. The van der Waals surface area contributed by atoms with E-state index >= 15 is 0 Å². The Labute approximate surface area is 358 Å². The first-order valence-electron chi connectivity index (χ1n) is 20.9. The van der Waals surface area contributed by atoms with E-state index < -0.39 is 0 Å². The van der Waals surface area contributed by atoms with Gasteiger partial charge < -0.3 is 9.13 Å². The highest BCUT2D eigenvalue weighted by atomic mass is 15.1. The van der Waals surface area contributed by atoms with Crippen LogP contribution in [0.5, 0.6) is 0 Å². The number of rotatable bonds is 7. The highest BCUT2D eigenvalue weighted by molar-refractivity contribution is 6.15. The third kappa shape index (κ3) is 5.98. The molecule has 5 heteroatoms. The molecule has 12 rings (SSSR count). The molecule has 3 aromatic heterocycles. The van der Waals surface area contributed by atoms with Crippen molar-refractivity contribution in [2.24, 2.45) is 0 Å². The van der Waals surface area contributed by atoms with E-state index in [1.165, 1.54) is 27.4 Å². The summed E-state index contributed by atoms with van der Waals surface area (Å²) in [6, 6.07) is 79.2. The quantitative estimate of drug-likeness (QED) is 0.162. The van der Waals surface area contributed by atoms with Gasteiger partial charge in [0, 0.05) is 43.9 Å². The van der Waals surface area contributed by atoms with Gasteiger partial charge in [0.15, 0.2) is 17.5 Å². The minimum Gasteiger partial charge on any atom is -0.307 e. The Morgan fingerprint density at radius 1 is 0.258 bits per heavy atom. The minimum absolute atomic E-state index is 0.625. The van der Waals surface area contributed by atoms with Crippen LogP contribution in [0.2, 0.25) is 0 Å². The van der Waals surface area contributed by atoms with Crippen LogP contribution in [0.4, 0.5) is 0 Å². The lowest BCUT2D eigenvalue weighted by Crippen LogP contribution is -2.01. The first-order valence-corrected chi connectivity index (χ1v) is 20.9. The Bertz CT molecular complexity index is 3590. The summed E-state index contributed by atoms with van der Waals surface area (Å²) in [7, 11) is 0. The van der Waals surface area contributed by atoms with E-state index in [1.54, 1.807) is 0 Å². The molecule has 0 amide bonds. The third-order valence-electron chi connectivity index (χ3n) is 12.0. The molecule has 0 aliphatic rings. The molecule has 0 N–H and O–H groups in total. The molecule has 5 nitrogen and oxygen atoms in total. The van der Waals surface area contributed by atoms with Gasteiger partial charge in [-0.2, -0.15) is 0 Å². The van der Waals surface area contributed by atoms with Crippen molar-refractivity contribution in [3.8, 4) is 67.8 Å². The van der Waals surface area contributed by atoms with Crippen molar-refractivity contribution < 1.29 is 0 Å². The normalized spacial score (nSPS) is 11.5. The summed E-state index contributed by atoms with van der Waals surface area (Å²) in [5.41, 5.74) is 14.3. The topological polar surface area (TPSA) is 48.5 Å². The van der Waals surface area contributed by atoms with Crippen LogP contribution in [0, 0.1) is 0 Å². The second-order valence-electron chi connectivity index (χ2n) is 15.6. The molecular formula is C57H37N5. The highest BCUT2D eigenvalue weighted by Gasteiger charge is 2.21. The molecule has 0 bridgehead atoms. The fourth-order valence-electron chi connectivity index (χ4n) is 9.05. The van der Waals surface area contributed by atoms with Crippen LogP contribution in [-0.4, -0.2) is 24.1 Å². The summed E-state index contributed by atoms with van der Waals surface area (Å²) in [6.07, 6.45) is 0. The molecule has 12 aromatic rings. The summed E-state index contributed by atoms with van der Waals surface area (Å²) in [4.78, 5) is 15.4. The molecule has 9 aromatic carbocycles. The maximum absolute atomic E-state index is 5.18. The van der Waals surface area contributed by atoms with Crippen LogP contribution in [0.3, 0.4) is 0 Å². The molecule has 290 valence electrons. The summed E-state index contributed by atoms with van der Waals surface area (Å²) in [6.45, 7) is 0. The molecule has 0 atom stereocenters. The Morgan fingerprint density at radius 3 is 1.27 bits per heavy atom. The van der Waals surface area contributed by atoms with Crippen molar-refractivity contribution >= 4 is 43.6 Å². The van der Waals surface area contributed by atoms with Gasteiger partial charge in [-0.15, -0.1) is 0 Å². The molecular weight excluding hydrogens is 755 g/mol. The van der Waals surface area contributed by atoms with E-state index in [9.17, 15) is 0 Å². The number of nitrogens with zero attached hydrogens (tertiary/aromatic N) is 5. The van der Waals surface area contributed by atoms with Gasteiger partial charge in [0.25, 0.3) is 0 Å². The molecule has 0 saturated carbocycles. The fraction of sp³-hybridized carbons (Fsp3) is 0. The largest absolute Gasteiger partial charge is 0.307 e. The third-order valence-corrected chi connectivity index (χ3v) is 12.0. The summed E-state index contributed by atoms with van der Waals surface area (Å²) < 4.78 is 4.82. The summed E-state index contributed by atoms with van der Waals surface area (Å²) in [5, 5.41) is 4.73. The van der Waals surface area contributed by atoms with Crippen LogP contribution >= 0.6 is 0 Å². The molecule has 0 aliphatic carbocycles. The van der Waals surface area contributed by atoms with Gasteiger partial charge in [0.1, 0.15) is 0 Å². The number of aromatic nitrogens is 5. The average Bonchev–Trinajstić information content (AvgIpc) is 3.88.